The summed E-state index contributed by atoms with van der Waals surface area (Å²) in [5, 5.41) is 7.01. The highest BCUT2D eigenvalue weighted by molar-refractivity contribution is 5.76. The molecule has 0 saturated carbocycles. The molecule has 0 spiro atoms. The number of hydrogen-bond acceptors (Lipinski definition) is 4. The number of hydrogen-bond donors (Lipinski definition) is 1. The van der Waals surface area contributed by atoms with Gasteiger partial charge in [-0.3, -0.25) is 4.79 Å². The van der Waals surface area contributed by atoms with Crippen molar-refractivity contribution >= 4 is 5.91 Å². The Labute approximate surface area is 120 Å². The van der Waals surface area contributed by atoms with Crippen molar-refractivity contribution in [1.82, 2.24) is 10.5 Å². The predicted octanol–water partition coefficient (Wildman–Crippen LogP) is 2.30. The molecule has 1 unspecified atom stereocenters. The number of ether oxygens (including phenoxy) is 1. The van der Waals surface area contributed by atoms with Crippen LogP contribution in [0.5, 0.6) is 0 Å². The lowest BCUT2D eigenvalue weighted by Crippen LogP contribution is -2.45. The topological polar surface area (TPSA) is 64.4 Å². The van der Waals surface area contributed by atoms with Crippen molar-refractivity contribution in [2.24, 2.45) is 0 Å². The molecule has 112 valence electrons. The fraction of sp³-hybridized carbons (Fsp3) is 0.733. The fourth-order valence-corrected chi connectivity index (χ4v) is 2.75. The Balaban J connectivity index is 1.81. The van der Waals surface area contributed by atoms with Gasteiger partial charge in [-0.15, -0.1) is 0 Å². The maximum atomic E-state index is 12.0. The Hall–Kier alpha value is -1.36. The third-order valence-electron chi connectivity index (χ3n) is 3.85. The summed E-state index contributed by atoms with van der Waals surface area (Å²) in [7, 11) is 0. The number of carbonyl (C=O) groups is 1. The maximum absolute atomic E-state index is 12.0. The van der Waals surface area contributed by atoms with Crippen molar-refractivity contribution < 1.29 is 14.1 Å². The van der Waals surface area contributed by atoms with Crippen molar-refractivity contribution in [2.45, 2.75) is 65.0 Å². The number of aromatic nitrogens is 1. The Morgan fingerprint density at radius 3 is 2.80 bits per heavy atom. The maximum Gasteiger partial charge on any atom is 0.220 e. The van der Waals surface area contributed by atoms with Crippen LogP contribution >= 0.6 is 0 Å². The summed E-state index contributed by atoms with van der Waals surface area (Å²) in [5.74, 6) is 0.898. The lowest BCUT2D eigenvalue weighted by molar-refractivity contribution is -0.124. The van der Waals surface area contributed by atoms with Crippen LogP contribution in [-0.4, -0.2) is 29.3 Å². The van der Waals surface area contributed by atoms with Crippen molar-refractivity contribution in [3.63, 3.8) is 0 Å². The van der Waals surface area contributed by atoms with Crippen molar-refractivity contribution in [2.75, 3.05) is 6.61 Å². The molecule has 1 fully saturated rings. The van der Waals surface area contributed by atoms with Gasteiger partial charge in [-0.2, -0.15) is 0 Å². The summed E-state index contributed by atoms with van der Waals surface area (Å²) < 4.78 is 10.8. The average molecular weight is 280 g/mol. The Kier molecular flexibility index (Phi) is 4.48. The van der Waals surface area contributed by atoms with Gasteiger partial charge < -0.3 is 14.6 Å². The van der Waals surface area contributed by atoms with Crippen LogP contribution in [0.3, 0.4) is 0 Å². The van der Waals surface area contributed by atoms with E-state index in [1.54, 1.807) is 0 Å². The number of nitrogens with one attached hydrogen (secondary N) is 1. The van der Waals surface area contributed by atoms with Gasteiger partial charge in [-0.1, -0.05) is 5.16 Å². The van der Waals surface area contributed by atoms with Gasteiger partial charge in [0.15, 0.2) is 0 Å². The minimum absolute atomic E-state index is 0.0905. The number of carbonyl (C=O) groups excluding carboxylic acids is 1. The van der Waals surface area contributed by atoms with Gasteiger partial charge in [-0.05, 0) is 47.0 Å². The summed E-state index contributed by atoms with van der Waals surface area (Å²) >= 11 is 0. The second-order valence-corrected chi connectivity index (χ2v) is 6.17. The zero-order chi connectivity index (χ0) is 14.8. The third kappa shape index (κ3) is 3.82. The molecule has 1 aromatic rings. The van der Waals surface area contributed by atoms with E-state index in [1.807, 2.05) is 13.8 Å². The Bertz CT molecular complexity index is 460. The van der Waals surface area contributed by atoms with Gasteiger partial charge in [0.25, 0.3) is 0 Å². The summed E-state index contributed by atoms with van der Waals surface area (Å²) in [6.45, 7) is 8.63. The van der Waals surface area contributed by atoms with Crippen LogP contribution in [0.1, 0.15) is 50.1 Å². The molecular formula is C15H24N2O3. The van der Waals surface area contributed by atoms with Gasteiger partial charge in [0, 0.05) is 24.6 Å². The van der Waals surface area contributed by atoms with Crippen LogP contribution < -0.4 is 5.32 Å². The van der Waals surface area contributed by atoms with Crippen molar-refractivity contribution in [3.8, 4) is 0 Å². The Morgan fingerprint density at radius 2 is 2.20 bits per heavy atom. The number of amides is 1. The van der Waals surface area contributed by atoms with Gasteiger partial charge in [0.1, 0.15) is 5.76 Å². The van der Waals surface area contributed by atoms with E-state index in [9.17, 15) is 4.79 Å². The Morgan fingerprint density at radius 1 is 1.45 bits per heavy atom. The molecule has 1 aromatic heterocycles. The molecule has 2 heterocycles. The second-order valence-electron chi connectivity index (χ2n) is 6.17. The van der Waals surface area contributed by atoms with E-state index < -0.39 is 0 Å². The molecule has 5 heteroatoms. The smallest absolute Gasteiger partial charge is 0.220 e. The molecule has 1 saturated heterocycles. The van der Waals surface area contributed by atoms with E-state index in [2.05, 4.69) is 24.3 Å². The monoisotopic (exact) mass is 280 g/mol. The van der Waals surface area contributed by atoms with Crippen LogP contribution in [-0.2, 0) is 16.0 Å². The fourth-order valence-electron chi connectivity index (χ4n) is 2.75. The summed E-state index contributed by atoms with van der Waals surface area (Å²) in [5.41, 5.74) is 1.78. The number of rotatable bonds is 4. The van der Waals surface area contributed by atoms with Crippen molar-refractivity contribution in [1.29, 1.82) is 0 Å². The summed E-state index contributed by atoms with van der Waals surface area (Å²) in [6, 6.07) is 0.218. The molecule has 1 amide bonds. The van der Waals surface area contributed by atoms with E-state index >= 15 is 0 Å². The standard InChI is InChI=1S/C15H24N2O3/c1-10-13(11(2)20-17-10)5-6-14(18)16-12-7-8-19-15(3,4)9-12/h12H,5-9H2,1-4H3,(H,16,18). The van der Waals surface area contributed by atoms with Gasteiger partial charge in [0.05, 0.1) is 11.3 Å². The molecule has 0 aromatic carbocycles. The van der Waals surface area contributed by atoms with E-state index in [0.717, 1.165) is 29.9 Å². The molecule has 5 nitrogen and oxygen atoms in total. The van der Waals surface area contributed by atoms with Crippen LogP contribution in [0.2, 0.25) is 0 Å². The minimum Gasteiger partial charge on any atom is -0.375 e. The predicted molar refractivity (Wildman–Crippen MR) is 75.5 cm³/mol. The highest BCUT2D eigenvalue weighted by atomic mass is 16.5. The van der Waals surface area contributed by atoms with Crippen molar-refractivity contribution in [3.05, 3.63) is 17.0 Å². The van der Waals surface area contributed by atoms with Gasteiger partial charge in [-0.25, -0.2) is 0 Å². The molecule has 1 N–H and O–H groups in total. The number of nitrogens with zero attached hydrogens (tertiary/aromatic N) is 1. The van der Waals surface area contributed by atoms with E-state index in [4.69, 9.17) is 9.26 Å². The third-order valence-corrected chi connectivity index (χ3v) is 3.85. The zero-order valence-corrected chi connectivity index (χ0v) is 12.8. The first-order valence-electron chi connectivity index (χ1n) is 7.22. The van der Waals surface area contributed by atoms with Crippen LogP contribution in [0.25, 0.3) is 0 Å². The average Bonchev–Trinajstić information content (AvgIpc) is 2.65. The largest absolute Gasteiger partial charge is 0.375 e. The molecule has 1 aliphatic heterocycles. The van der Waals surface area contributed by atoms with Crippen LogP contribution in [0, 0.1) is 13.8 Å². The first kappa shape index (κ1) is 15.0. The van der Waals surface area contributed by atoms with Crippen LogP contribution in [0.15, 0.2) is 4.52 Å². The second kappa shape index (κ2) is 5.95. The van der Waals surface area contributed by atoms with E-state index in [0.29, 0.717) is 19.4 Å². The first-order valence-corrected chi connectivity index (χ1v) is 7.22. The lowest BCUT2D eigenvalue weighted by Gasteiger charge is -2.35. The highest BCUT2D eigenvalue weighted by Crippen LogP contribution is 2.24. The number of aryl methyl sites for hydroxylation is 2. The molecule has 0 aliphatic carbocycles. The normalized spacial score (nSPS) is 21.7. The highest BCUT2D eigenvalue weighted by Gasteiger charge is 2.29. The molecule has 1 aliphatic rings. The molecule has 0 radical (unpaired) electrons. The molecule has 0 bridgehead atoms. The molecular weight excluding hydrogens is 256 g/mol. The SMILES string of the molecule is Cc1noc(C)c1CCC(=O)NC1CCOC(C)(C)C1. The zero-order valence-electron chi connectivity index (χ0n) is 12.8. The van der Waals surface area contributed by atoms with E-state index in [-0.39, 0.29) is 17.6 Å². The van der Waals surface area contributed by atoms with Gasteiger partial charge >= 0.3 is 0 Å². The molecule has 2 rings (SSSR count). The molecule has 1 atom stereocenters. The minimum atomic E-state index is -0.141. The van der Waals surface area contributed by atoms with Gasteiger partial charge in [0.2, 0.25) is 5.91 Å². The quantitative estimate of drug-likeness (QED) is 0.919. The van der Waals surface area contributed by atoms with Crippen LogP contribution in [0.4, 0.5) is 0 Å². The summed E-state index contributed by atoms with van der Waals surface area (Å²) in [4.78, 5) is 12.0. The summed E-state index contributed by atoms with van der Waals surface area (Å²) in [6.07, 6.45) is 2.91. The first-order chi connectivity index (χ1) is 9.37. The van der Waals surface area contributed by atoms with E-state index in [1.165, 1.54) is 0 Å². The molecule has 20 heavy (non-hydrogen) atoms. The lowest BCUT2D eigenvalue weighted by atomic mass is 9.94.